The quantitative estimate of drug-likeness (QED) is 0.441. The molecule has 0 amide bonds. The summed E-state index contributed by atoms with van der Waals surface area (Å²) in [5.74, 6) is 0. The van der Waals surface area contributed by atoms with E-state index in [0.717, 1.165) is 24.9 Å². The van der Waals surface area contributed by atoms with E-state index in [1.807, 2.05) is 13.1 Å². The third kappa shape index (κ3) is 3.14. The first-order valence-corrected chi connectivity index (χ1v) is 4.62. The summed E-state index contributed by atoms with van der Waals surface area (Å²) < 4.78 is 0. The van der Waals surface area contributed by atoms with Gasteiger partial charge in [-0.15, -0.1) is 0 Å². The summed E-state index contributed by atoms with van der Waals surface area (Å²) in [4.78, 5) is 10.1. The Morgan fingerprint density at radius 2 is 2.29 bits per heavy atom. The van der Waals surface area contributed by atoms with E-state index in [0.29, 0.717) is 0 Å². The van der Waals surface area contributed by atoms with Crippen LogP contribution in [0, 0.1) is 10.1 Å². The van der Waals surface area contributed by atoms with Gasteiger partial charge in [-0.1, -0.05) is 12.1 Å². The van der Waals surface area contributed by atoms with Crippen molar-refractivity contribution < 1.29 is 4.92 Å². The highest BCUT2D eigenvalue weighted by Crippen LogP contribution is 2.13. The highest BCUT2D eigenvalue weighted by molar-refractivity contribution is 5.34. The highest BCUT2D eigenvalue weighted by atomic mass is 16.6. The summed E-state index contributed by atoms with van der Waals surface area (Å²) in [6, 6.07) is 6.80. The van der Waals surface area contributed by atoms with Gasteiger partial charge in [0.05, 0.1) is 4.92 Å². The van der Waals surface area contributed by atoms with Gasteiger partial charge in [0.2, 0.25) is 0 Å². The Labute approximate surface area is 83.1 Å². The van der Waals surface area contributed by atoms with Crippen molar-refractivity contribution in [1.29, 1.82) is 0 Å². The molecule has 76 valence electrons. The molecular weight excluding hydrogens is 180 g/mol. The van der Waals surface area contributed by atoms with Crippen LogP contribution in [0.25, 0.3) is 0 Å². The Balaban J connectivity index is 2.59. The predicted molar refractivity (Wildman–Crippen MR) is 55.3 cm³/mol. The first-order valence-electron chi connectivity index (χ1n) is 4.62. The van der Waals surface area contributed by atoms with Crippen LogP contribution in [0.3, 0.4) is 0 Å². The van der Waals surface area contributed by atoms with Crippen LogP contribution in [-0.2, 0) is 6.42 Å². The van der Waals surface area contributed by atoms with Gasteiger partial charge < -0.3 is 5.32 Å². The molecule has 0 aliphatic rings. The second-order valence-corrected chi connectivity index (χ2v) is 3.13. The van der Waals surface area contributed by atoms with Crippen LogP contribution in [0.15, 0.2) is 24.3 Å². The monoisotopic (exact) mass is 194 g/mol. The summed E-state index contributed by atoms with van der Waals surface area (Å²) in [6.07, 6.45) is 1.88. The van der Waals surface area contributed by atoms with Crippen LogP contribution < -0.4 is 5.32 Å². The van der Waals surface area contributed by atoms with Gasteiger partial charge in [0.25, 0.3) is 5.69 Å². The zero-order chi connectivity index (χ0) is 10.4. The average molecular weight is 194 g/mol. The van der Waals surface area contributed by atoms with Gasteiger partial charge in [0, 0.05) is 12.1 Å². The first kappa shape index (κ1) is 10.7. The minimum Gasteiger partial charge on any atom is -0.320 e. The number of nitro benzene ring substituents is 1. The molecule has 0 unspecified atom stereocenters. The van der Waals surface area contributed by atoms with Crippen molar-refractivity contribution >= 4 is 5.69 Å². The van der Waals surface area contributed by atoms with Crippen LogP contribution >= 0.6 is 0 Å². The third-order valence-corrected chi connectivity index (χ3v) is 2.01. The van der Waals surface area contributed by atoms with Crippen molar-refractivity contribution in [2.45, 2.75) is 12.8 Å². The van der Waals surface area contributed by atoms with Gasteiger partial charge >= 0.3 is 0 Å². The number of rotatable bonds is 5. The van der Waals surface area contributed by atoms with E-state index in [1.54, 1.807) is 12.1 Å². The molecule has 0 radical (unpaired) electrons. The topological polar surface area (TPSA) is 55.2 Å². The van der Waals surface area contributed by atoms with Crippen molar-refractivity contribution in [2.75, 3.05) is 13.6 Å². The summed E-state index contributed by atoms with van der Waals surface area (Å²) in [7, 11) is 1.90. The number of nitrogens with zero attached hydrogens (tertiary/aromatic N) is 1. The Morgan fingerprint density at radius 3 is 2.93 bits per heavy atom. The summed E-state index contributed by atoms with van der Waals surface area (Å²) >= 11 is 0. The lowest BCUT2D eigenvalue weighted by atomic mass is 10.1. The minimum absolute atomic E-state index is 0.173. The number of benzene rings is 1. The first-order chi connectivity index (χ1) is 6.74. The fourth-order valence-electron chi connectivity index (χ4n) is 1.29. The van der Waals surface area contributed by atoms with E-state index in [9.17, 15) is 10.1 Å². The molecule has 1 aromatic rings. The van der Waals surface area contributed by atoms with Crippen LogP contribution in [0.2, 0.25) is 0 Å². The Bertz CT molecular complexity index is 313. The summed E-state index contributed by atoms with van der Waals surface area (Å²) in [5.41, 5.74) is 1.20. The molecule has 14 heavy (non-hydrogen) atoms. The highest BCUT2D eigenvalue weighted by Gasteiger charge is 2.04. The molecule has 4 nitrogen and oxygen atoms in total. The molecule has 0 atom stereocenters. The number of nitrogens with one attached hydrogen (secondary N) is 1. The van der Waals surface area contributed by atoms with Crippen molar-refractivity contribution in [3.63, 3.8) is 0 Å². The van der Waals surface area contributed by atoms with Crippen LogP contribution in [0.1, 0.15) is 12.0 Å². The molecule has 0 saturated heterocycles. The summed E-state index contributed by atoms with van der Waals surface area (Å²) in [6.45, 7) is 0.933. The van der Waals surface area contributed by atoms with Gasteiger partial charge in [-0.05, 0) is 32.0 Å². The van der Waals surface area contributed by atoms with Gasteiger partial charge in [-0.25, -0.2) is 0 Å². The molecule has 1 rings (SSSR count). The molecule has 0 aromatic heterocycles. The molecule has 0 saturated carbocycles. The van der Waals surface area contributed by atoms with Crippen LogP contribution in [0.4, 0.5) is 5.69 Å². The average Bonchev–Trinajstić information content (AvgIpc) is 2.19. The zero-order valence-electron chi connectivity index (χ0n) is 8.19. The number of aryl methyl sites for hydroxylation is 1. The molecule has 1 N–H and O–H groups in total. The van der Waals surface area contributed by atoms with E-state index in [1.165, 1.54) is 6.07 Å². The number of hydrogen-bond acceptors (Lipinski definition) is 3. The Kier molecular flexibility index (Phi) is 4.07. The van der Waals surface area contributed by atoms with Gasteiger partial charge in [-0.3, -0.25) is 10.1 Å². The van der Waals surface area contributed by atoms with E-state index >= 15 is 0 Å². The molecular formula is C10H14N2O2. The maximum absolute atomic E-state index is 10.5. The second kappa shape index (κ2) is 5.34. The standard InChI is InChI=1S/C10H14N2O2/c1-11-7-3-5-9-4-2-6-10(8-9)12(13)14/h2,4,6,8,11H,3,5,7H2,1H3. The minimum atomic E-state index is -0.360. The van der Waals surface area contributed by atoms with Crippen molar-refractivity contribution in [3.8, 4) is 0 Å². The number of non-ortho nitro benzene ring substituents is 1. The molecule has 4 heteroatoms. The smallest absolute Gasteiger partial charge is 0.269 e. The van der Waals surface area contributed by atoms with Gasteiger partial charge in [0.1, 0.15) is 0 Å². The Morgan fingerprint density at radius 1 is 1.50 bits per heavy atom. The lowest BCUT2D eigenvalue weighted by Crippen LogP contribution is -2.08. The summed E-state index contributed by atoms with van der Waals surface area (Å²) in [5, 5.41) is 13.5. The maximum Gasteiger partial charge on any atom is 0.269 e. The predicted octanol–water partition coefficient (Wildman–Crippen LogP) is 1.75. The maximum atomic E-state index is 10.5. The number of hydrogen-bond donors (Lipinski definition) is 1. The fraction of sp³-hybridized carbons (Fsp3) is 0.400. The fourth-order valence-corrected chi connectivity index (χ4v) is 1.29. The molecule has 0 bridgehead atoms. The molecule has 1 aromatic carbocycles. The zero-order valence-corrected chi connectivity index (χ0v) is 8.19. The van der Waals surface area contributed by atoms with Gasteiger partial charge in [-0.2, -0.15) is 0 Å². The van der Waals surface area contributed by atoms with Crippen LogP contribution in [-0.4, -0.2) is 18.5 Å². The van der Waals surface area contributed by atoms with Crippen molar-refractivity contribution in [3.05, 3.63) is 39.9 Å². The second-order valence-electron chi connectivity index (χ2n) is 3.13. The van der Waals surface area contributed by atoms with E-state index in [2.05, 4.69) is 5.32 Å². The normalized spacial score (nSPS) is 10.1. The molecule has 0 aliphatic heterocycles. The lowest BCUT2D eigenvalue weighted by Gasteiger charge is -2.00. The number of nitro groups is 1. The van der Waals surface area contributed by atoms with E-state index in [4.69, 9.17) is 0 Å². The molecule has 0 heterocycles. The Hall–Kier alpha value is -1.42. The SMILES string of the molecule is CNCCCc1cccc([N+](=O)[O-])c1. The largest absolute Gasteiger partial charge is 0.320 e. The van der Waals surface area contributed by atoms with Crippen LogP contribution in [0.5, 0.6) is 0 Å². The molecule has 0 aliphatic carbocycles. The lowest BCUT2D eigenvalue weighted by molar-refractivity contribution is -0.384. The molecule has 0 fully saturated rings. The van der Waals surface area contributed by atoms with Crippen molar-refractivity contribution in [2.24, 2.45) is 0 Å². The van der Waals surface area contributed by atoms with Gasteiger partial charge in [0.15, 0.2) is 0 Å². The van der Waals surface area contributed by atoms with E-state index < -0.39 is 0 Å². The molecule has 0 spiro atoms. The van der Waals surface area contributed by atoms with Crippen molar-refractivity contribution in [1.82, 2.24) is 5.32 Å². The van der Waals surface area contributed by atoms with E-state index in [-0.39, 0.29) is 10.6 Å². The third-order valence-electron chi connectivity index (χ3n) is 2.01.